The average Bonchev–Trinajstić information content (AvgIpc) is 2.33. The van der Waals surface area contributed by atoms with Crippen molar-refractivity contribution in [3.05, 3.63) is 57.8 Å². The number of carbonyl (C=O) groups is 1. The first-order valence-electron chi connectivity index (χ1n) is 4.74. The predicted molar refractivity (Wildman–Crippen MR) is 73.6 cm³/mol. The van der Waals surface area contributed by atoms with Crippen LogP contribution in [0.4, 0.5) is 0 Å². The maximum atomic E-state index is 11.9. The maximum Gasteiger partial charge on any atom is 0.225 e. The van der Waals surface area contributed by atoms with Gasteiger partial charge in [0.2, 0.25) is 5.12 Å². The fourth-order valence-corrected chi connectivity index (χ4v) is 2.27. The minimum atomic E-state index is -0.0449. The molecule has 0 aliphatic rings. The molecular formula is C12H7BrClNOS. The van der Waals surface area contributed by atoms with Crippen molar-refractivity contribution >= 4 is 44.4 Å². The fraction of sp³-hybridized carbons (Fsp3) is 0. The second-order valence-electron chi connectivity index (χ2n) is 3.21. The molecule has 0 radical (unpaired) electrons. The fourth-order valence-electron chi connectivity index (χ4n) is 1.17. The molecule has 0 aliphatic heterocycles. The molecule has 0 bridgehead atoms. The van der Waals surface area contributed by atoms with E-state index in [4.69, 9.17) is 11.6 Å². The SMILES string of the molecule is O=C(Sc1ccc(Br)cc1)c1ccc(Cl)nc1. The number of nitrogens with zero attached hydrogens (tertiary/aromatic N) is 1. The molecule has 0 amide bonds. The third kappa shape index (κ3) is 3.56. The monoisotopic (exact) mass is 327 g/mol. The zero-order chi connectivity index (χ0) is 12.3. The summed E-state index contributed by atoms with van der Waals surface area (Å²) in [5.74, 6) is 0. The standard InChI is InChI=1S/C12H7BrClNOS/c13-9-2-4-10(5-3-9)17-12(16)8-1-6-11(14)15-7-8/h1-7H. The number of pyridine rings is 1. The van der Waals surface area contributed by atoms with Crippen molar-refractivity contribution in [1.82, 2.24) is 4.98 Å². The molecule has 86 valence electrons. The lowest BCUT2D eigenvalue weighted by molar-refractivity contribution is 0.108. The average molecular weight is 329 g/mol. The van der Waals surface area contributed by atoms with Crippen molar-refractivity contribution in [2.24, 2.45) is 0 Å². The molecule has 0 aliphatic carbocycles. The first-order chi connectivity index (χ1) is 8.15. The summed E-state index contributed by atoms with van der Waals surface area (Å²) in [4.78, 5) is 16.7. The lowest BCUT2D eigenvalue weighted by atomic mass is 10.3. The van der Waals surface area contributed by atoms with Crippen LogP contribution < -0.4 is 0 Å². The van der Waals surface area contributed by atoms with Gasteiger partial charge in [-0.15, -0.1) is 0 Å². The number of hydrogen-bond acceptors (Lipinski definition) is 3. The molecule has 0 unspecified atom stereocenters. The number of benzene rings is 1. The van der Waals surface area contributed by atoms with Crippen LogP contribution in [0.15, 0.2) is 52.0 Å². The molecule has 0 fully saturated rings. The van der Waals surface area contributed by atoms with Gasteiger partial charge in [-0.25, -0.2) is 4.98 Å². The largest absolute Gasteiger partial charge is 0.281 e. The van der Waals surface area contributed by atoms with Crippen LogP contribution >= 0.6 is 39.3 Å². The zero-order valence-corrected chi connectivity index (χ0v) is 11.7. The first-order valence-corrected chi connectivity index (χ1v) is 6.73. The smallest absolute Gasteiger partial charge is 0.225 e. The Morgan fingerprint density at radius 2 is 1.88 bits per heavy atom. The Kier molecular flexibility index (Phi) is 4.20. The van der Waals surface area contributed by atoms with Crippen molar-refractivity contribution in [3.63, 3.8) is 0 Å². The second-order valence-corrected chi connectivity index (χ2v) is 5.56. The third-order valence-electron chi connectivity index (χ3n) is 1.99. The van der Waals surface area contributed by atoms with Gasteiger partial charge in [0, 0.05) is 21.1 Å². The van der Waals surface area contributed by atoms with Gasteiger partial charge in [0.05, 0.1) is 0 Å². The molecule has 1 aromatic heterocycles. The van der Waals surface area contributed by atoms with Gasteiger partial charge in [-0.2, -0.15) is 0 Å². The number of hydrogen-bond donors (Lipinski definition) is 0. The Hall–Kier alpha value is -0.840. The van der Waals surface area contributed by atoms with E-state index in [1.54, 1.807) is 12.1 Å². The summed E-state index contributed by atoms with van der Waals surface area (Å²) in [5.41, 5.74) is 0.544. The van der Waals surface area contributed by atoms with Gasteiger partial charge in [0.15, 0.2) is 0 Å². The number of rotatable bonds is 2. The van der Waals surface area contributed by atoms with Gasteiger partial charge in [0.1, 0.15) is 5.15 Å². The van der Waals surface area contributed by atoms with Crippen LogP contribution in [0.2, 0.25) is 5.15 Å². The van der Waals surface area contributed by atoms with Crippen LogP contribution in [0, 0.1) is 0 Å². The molecule has 0 N–H and O–H groups in total. The minimum Gasteiger partial charge on any atom is -0.281 e. The molecule has 0 atom stereocenters. The summed E-state index contributed by atoms with van der Waals surface area (Å²) in [6.45, 7) is 0. The summed E-state index contributed by atoms with van der Waals surface area (Å²) >= 11 is 10.2. The van der Waals surface area contributed by atoms with Crippen LogP contribution in [0.25, 0.3) is 0 Å². The number of thioether (sulfide) groups is 1. The Labute approximate surface area is 117 Å². The summed E-state index contributed by atoms with van der Waals surface area (Å²) in [6, 6.07) is 10.8. The van der Waals surface area contributed by atoms with E-state index in [0.29, 0.717) is 10.7 Å². The molecular weight excluding hydrogens is 322 g/mol. The Balaban J connectivity index is 2.11. The molecule has 0 spiro atoms. The van der Waals surface area contributed by atoms with Gasteiger partial charge in [0.25, 0.3) is 0 Å². The quantitative estimate of drug-likeness (QED) is 0.603. The Bertz CT molecular complexity index is 527. The van der Waals surface area contributed by atoms with Gasteiger partial charge in [-0.1, -0.05) is 27.5 Å². The van der Waals surface area contributed by atoms with Crippen molar-refractivity contribution in [3.8, 4) is 0 Å². The van der Waals surface area contributed by atoms with Crippen LogP contribution in [0.1, 0.15) is 10.4 Å². The van der Waals surface area contributed by atoms with Crippen molar-refractivity contribution in [2.75, 3.05) is 0 Å². The molecule has 1 heterocycles. The van der Waals surface area contributed by atoms with E-state index in [1.807, 2.05) is 24.3 Å². The summed E-state index contributed by atoms with van der Waals surface area (Å²) in [7, 11) is 0. The van der Waals surface area contributed by atoms with E-state index >= 15 is 0 Å². The third-order valence-corrected chi connectivity index (χ3v) is 3.67. The number of aromatic nitrogens is 1. The molecule has 2 rings (SSSR count). The first kappa shape index (κ1) is 12.6. The van der Waals surface area contributed by atoms with Gasteiger partial charge in [-0.3, -0.25) is 4.79 Å². The van der Waals surface area contributed by atoms with Crippen molar-refractivity contribution < 1.29 is 4.79 Å². The zero-order valence-electron chi connectivity index (χ0n) is 8.56. The van der Waals surface area contributed by atoms with Crippen LogP contribution in [0.3, 0.4) is 0 Å². The normalized spacial score (nSPS) is 10.2. The second kappa shape index (κ2) is 5.67. The van der Waals surface area contributed by atoms with E-state index in [9.17, 15) is 4.79 Å². The molecule has 1 aromatic carbocycles. The van der Waals surface area contributed by atoms with Crippen molar-refractivity contribution in [2.45, 2.75) is 4.90 Å². The van der Waals surface area contributed by atoms with Gasteiger partial charge < -0.3 is 0 Å². The summed E-state index contributed by atoms with van der Waals surface area (Å²) in [5, 5.41) is 0.340. The topological polar surface area (TPSA) is 30.0 Å². The minimum absolute atomic E-state index is 0.0449. The van der Waals surface area contributed by atoms with Gasteiger partial charge >= 0.3 is 0 Å². The van der Waals surface area contributed by atoms with Gasteiger partial charge in [-0.05, 0) is 48.2 Å². The lowest BCUT2D eigenvalue weighted by Crippen LogP contribution is -1.93. The molecule has 2 aromatic rings. The highest BCUT2D eigenvalue weighted by molar-refractivity contribution is 9.10. The summed E-state index contributed by atoms with van der Waals surface area (Å²) < 4.78 is 0.988. The van der Waals surface area contributed by atoms with E-state index in [2.05, 4.69) is 20.9 Å². The van der Waals surface area contributed by atoms with Crippen LogP contribution in [0.5, 0.6) is 0 Å². The highest BCUT2D eigenvalue weighted by Crippen LogP contribution is 2.24. The maximum absolute atomic E-state index is 11.9. The number of halogens is 2. The lowest BCUT2D eigenvalue weighted by Gasteiger charge is -2.01. The molecule has 0 saturated heterocycles. The molecule has 17 heavy (non-hydrogen) atoms. The Morgan fingerprint density at radius 3 is 2.47 bits per heavy atom. The van der Waals surface area contributed by atoms with Crippen LogP contribution in [-0.4, -0.2) is 10.1 Å². The van der Waals surface area contributed by atoms with E-state index in [0.717, 1.165) is 9.37 Å². The van der Waals surface area contributed by atoms with E-state index < -0.39 is 0 Å². The molecule has 5 heteroatoms. The summed E-state index contributed by atoms with van der Waals surface area (Å²) in [6.07, 6.45) is 1.48. The van der Waals surface area contributed by atoms with E-state index in [-0.39, 0.29) is 5.12 Å². The highest BCUT2D eigenvalue weighted by atomic mass is 79.9. The highest BCUT2D eigenvalue weighted by Gasteiger charge is 2.08. The molecule has 2 nitrogen and oxygen atoms in total. The molecule has 0 saturated carbocycles. The Morgan fingerprint density at radius 1 is 1.18 bits per heavy atom. The van der Waals surface area contributed by atoms with E-state index in [1.165, 1.54) is 18.0 Å². The predicted octanol–water partition coefficient (Wildman–Crippen LogP) is 4.43. The number of carbonyl (C=O) groups excluding carboxylic acids is 1. The van der Waals surface area contributed by atoms with Crippen molar-refractivity contribution in [1.29, 1.82) is 0 Å². The van der Waals surface area contributed by atoms with Crippen LogP contribution in [-0.2, 0) is 0 Å².